The van der Waals surface area contributed by atoms with E-state index in [0.717, 1.165) is 25.0 Å². The summed E-state index contributed by atoms with van der Waals surface area (Å²) in [7, 11) is 0. The maximum Gasteiger partial charge on any atom is 0.231 e. The van der Waals surface area contributed by atoms with Gasteiger partial charge in [0.2, 0.25) is 5.91 Å². The Hall–Kier alpha value is -2.08. The fraction of sp³-hybridized carbons (Fsp3) is 0.524. The number of nitriles is 1. The van der Waals surface area contributed by atoms with Crippen molar-refractivity contribution >= 4 is 29.3 Å². The minimum absolute atomic E-state index is 0.00359. The highest BCUT2D eigenvalue weighted by molar-refractivity contribution is 7.99. The monoisotopic (exact) mass is 447 g/mol. The van der Waals surface area contributed by atoms with Crippen LogP contribution in [0.3, 0.4) is 0 Å². The number of hydrogen-bond acceptors (Lipinski definition) is 6. The smallest absolute Gasteiger partial charge is 0.231 e. The van der Waals surface area contributed by atoms with Gasteiger partial charge in [-0.25, -0.2) is 0 Å². The number of benzene rings is 1. The molecule has 30 heavy (non-hydrogen) atoms. The largest absolute Gasteiger partial charge is 0.376 e. The van der Waals surface area contributed by atoms with Gasteiger partial charge >= 0.3 is 0 Å². The molecule has 1 N–H and O–H groups in total. The van der Waals surface area contributed by atoms with Gasteiger partial charge in [-0.3, -0.25) is 9.36 Å². The summed E-state index contributed by atoms with van der Waals surface area (Å²) in [6.07, 6.45) is 2.12. The molecule has 0 radical (unpaired) electrons. The molecule has 1 saturated heterocycles. The second-order valence-electron chi connectivity index (χ2n) is 7.86. The van der Waals surface area contributed by atoms with E-state index in [9.17, 15) is 10.1 Å². The van der Waals surface area contributed by atoms with E-state index >= 15 is 0 Å². The van der Waals surface area contributed by atoms with Crippen LogP contribution in [0.25, 0.3) is 11.4 Å². The highest BCUT2D eigenvalue weighted by Crippen LogP contribution is 2.27. The highest BCUT2D eigenvalue weighted by Gasteiger charge is 2.30. The SMILES string of the molecule is CC(C)[C@@](C)(C#N)NC(=O)CSc1nnc(-c2ccc(Cl)cc2)n1C[C@@H]1CCCO1. The van der Waals surface area contributed by atoms with Crippen LogP contribution >= 0.6 is 23.4 Å². The van der Waals surface area contributed by atoms with Gasteiger partial charge < -0.3 is 10.1 Å². The summed E-state index contributed by atoms with van der Waals surface area (Å²) in [5.74, 6) is 0.650. The van der Waals surface area contributed by atoms with Crippen LogP contribution in [0.15, 0.2) is 29.4 Å². The molecular formula is C21H26ClN5O2S. The fourth-order valence-corrected chi connectivity index (χ4v) is 4.00. The van der Waals surface area contributed by atoms with E-state index in [4.69, 9.17) is 16.3 Å². The third kappa shape index (κ3) is 5.34. The molecule has 1 aliphatic rings. The lowest BCUT2D eigenvalue weighted by Gasteiger charge is -2.27. The molecule has 7 nitrogen and oxygen atoms in total. The van der Waals surface area contributed by atoms with E-state index in [-0.39, 0.29) is 23.7 Å². The van der Waals surface area contributed by atoms with Crippen molar-refractivity contribution in [1.82, 2.24) is 20.1 Å². The number of hydrogen-bond donors (Lipinski definition) is 1. The molecule has 0 aliphatic carbocycles. The fourth-order valence-electron chi connectivity index (χ4n) is 3.12. The summed E-state index contributed by atoms with van der Waals surface area (Å²) >= 11 is 7.33. The molecule has 1 aromatic heterocycles. The lowest BCUT2D eigenvalue weighted by atomic mass is 9.90. The van der Waals surface area contributed by atoms with Crippen LogP contribution in [0.4, 0.5) is 0 Å². The second-order valence-corrected chi connectivity index (χ2v) is 9.24. The van der Waals surface area contributed by atoms with Gasteiger partial charge in [-0.2, -0.15) is 5.26 Å². The molecule has 0 spiro atoms. The Morgan fingerprint density at radius 1 is 1.43 bits per heavy atom. The summed E-state index contributed by atoms with van der Waals surface area (Å²) in [4.78, 5) is 12.5. The van der Waals surface area contributed by atoms with Crippen LogP contribution in [0, 0.1) is 17.2 Å². The molecule has 9 heteroatoms. The van der Waals surface area contributed by atoms with Crippen LogP contribution in [0.2, 0.25) is 5.02 Å². The van der Waals surface area contributed by atoms with Crippen molar-refractivity contribution in [3.05, 3.63) is 29.3 Å². The van der Waals surface area contributed by atoms with Crippen LogP contribution in [-0.4, -0.2) is 44.7 Å². The summed E-state index contributed by atoms with van der Waals surface area (Å²) in [6, 6.07) is 9.63. The van der Waals surface area contributed by atoms with Gasteiger partial charge in [0.25, 0.3) is 0 Å². The zero-order valence-corrected chi connectivity index (χ0v) is 19.0. The first-order valence-electron chi connectivity index (χ1n) is 9.98. The Morgan fingerprint density at radius 2 is 2.17 bits per heavy atom. The van der Waals surface area contributed by atoms with E-state index < -0.39 is 5.54 Å². The molecular weight excluding hydrogens is 422 g/mol. The molecule has 1 aliphatic heterocycles. The molecule has 2 aromatic rings. The first-order chi connectivity index (χ1) is 14.3. The number of aromatic nitrogens is 3. The molecule has 3 rings (SSSR count). The number of carbonyl (C=O) groups is 1. The highest BCUT2D eigenvalue weighted by atomic mass is 35.5. The number of nitrogens with one attached hydrogen (secondary N) is 1. The molecule has 2 atom stereocenters. The van der Waals surface area contributed by atoms with E-state index in [0.29, 0.717) is 22.5 Å². The third-order valence-electron chi connectivity index (χ3n) is 5.35. The minimum atomic E-state index is -0.905. The maximum absolute atomic E-state index is 12.5. The minimum Gasteiger partial charge on any atom is -0.376 e. The maximum atomic E-state index is 12.5. The number of thioether (sulfide) groups is 1. The van der Waals surface area contributed by atoms with Gasteiger partial charge in [0.15, 0.2) is 11.0 Å². The number of halogens is 1. The van der Waals surface area contributed by atoms with Gasteiger partial charge in [0.05, 0.1) is 24.5 Å². The van der Waals surface area contributed by atoms with Gasteiger partial charge in [-0.15, -0.1) is 10.2 Å². The Kier molecular flexibility index (Phi) is 7.40. The molecule has 1 amide bonds. The lowest BCUT2D eigenvalue weighted by Crippen LogP contribution is -2.49. The number of nitrogens with zero attached hydrogens (tertiary/aromatic N) is 4. The van der Waals surface area contributed by atoms with Gasteiger partial charge in [0, 0.05) is 17.2 Å². The topological polar surface area (TPSA) is 92.8 Å². The van der Waals surface area contributed by atoms with Crippen molar-refractivity contribution in [2.45, 2.75) is 57.0 Å². The van der Waals surface area contributed by atoms with Crippen LogP contribution in [0.5, 0.6) is 0 Å². The second kappa shape index (κ2) is 9.82. The summed E-state index contributed by atoms with van der Waals surface area (Å²) in [5.41, 5.74) is -0.00430. The zero-order chi connectivity index (χ0) is 21.7. The van der Waals surface area contributed by atoms with Crippen LogP contribution < -0.4 is 5.32 Å². The van der Waals surface area contributed by atoms with E-state index in [1.54, 1.807) is 6.92 Å². The van der Waals surface area contributed by atoms with Gasteiger partial charge in [-0.05, 0) is 49.9 Å². The van der Waals surface area contributed by atoms with E-state index in [1.165, 1.54) is 11.8 Å². The van der Waals surface area contributed by atoms with Gasteiger partial charge in [0.1, 0.15) is 5.54 Å². The predicted octanol–water partition coefficient (Wildman–Crippen LogP) is 3.92. The number of amides is 1. The van der Waals surface area contributed by atoms with Crippen molar-refractivity contribution in [1.29, 1.82) is 5.26 Å². The molecule has 0 bridgehead atoms. The first-order valence-corrected chi connectivity index (χ1v) is 11.3. The Bertz CT molecular complexity index is 918. The van der Waals surface area contributed by atoms with Crippen molar-refractivity contribution in [3.63, 3.8) is 0 Å². The summed E-state index contributed by atoms with van der Waals surface area (Å²) in [6.45, 7) is 6.94. The average molecular weight is 448 g/mol. The predicted molar refractivity (Wildman–Crippen MR) is 117 cm³/mol. The molecule has 2 heterocycles. The molecule has 0 unspecified atom stereocenters. The third-order valence-corrected chi connectivity index (χ3v) is 6.57. The number of rotatable bonds is 8. The van der Waals surface area contributed by atoms with Crippen molar-refractivity contribution < 1.29 is 9.53 Å². The van der Waals surface area contributed by atoms with Crippen molar-refractivity contribution in [2.24, 2.45) is 5.92 Å². The zero-order valence-electron chi connectivity index (χ0n) is 17.4. The number of ether oxygens (including phenoxy) is 1. The molecule has 160 valence electrons. The first kappa shape index (κ1) is 22.6. The molecule has 0 saturated carbocycles. The van der Waals surface area contributed by atoms with Crippen molar-refractivity contribution in [2.75, 3.05) is 12.4 Å². The molecule has 1 fully saturated rings. The Labute approximate surface area is 186 Å². The summed E-state index contributed by atoms with van der Waals surface area (Å²) in [5, 5.41) is 22.2. The average Bonchev–Trinajstić information content (AvgIpc) is 3.37. The Morgan fingerprint density at radius 3 is 2.77 bits per heavy atom. The molecule has 1 aromatic carbocycles. The van der Waals surface area contributed by atoms with Crippen molar-refractivity contribution in [3.8, 4) is 17.5 Å². The van der Waals surface area contributed by atoms with Gasteiger partial charge in [-0.1, -0.05) is 37.2 Å². The van der Waals surface area contributed by atoms with E-state index in [1.807, 2.05) is 42.7 Å². The van der Waals surface area contributed by atoms with Crippen LogP contribution in [0.1, 0.15) is 33.6 Å². The lowest BCUT2D eigenvalue weighted by molar-refractivity contribution is -0.120. The standard InChI is InChI=1S/C21H26ClN5O2S/c1-14(2)21(3,13-23)24-18(28)12-30-20-26-25-19(15-6-8-16(22)9-7-15)27(20)11-17-5-4-10-29-17/h6-9,14,17H,4-5,10-12H2,1-3H3,(H,24,28)/t17-,21+/m0/s1. The normalized spacial score (nSPS) is 18.2. The van der Waals surface area contributed by atoms with E-state index in [2.05, 4.69) is 21.6 Å². The quantitative estimate of drug-likeness (QED) is 0.616. The summed E-state index contributed by atoms with van der Waals surface area (Å²) < 4.78 is 7.80. The number of carbonyl (C=O) groups excluding carboxylic acids is 1. The van der Waals surface area contributed by atoms with Crippen LogP contribution in [-0.2, 0) is 16.1 Å². The Balaban J connectivity index is 1.77.